The topological polar surface area (TPSA) is 72.2 Å². The number of hydrogen-bond acceptors (Lipinski definition) is 3. The fraction of sp³-hybridized carbons (Fsp3) is 0.333. The van der Waals surface area contributed by atoms with E-state index in [9.17, 15) is 8.42 Å². The molecule has 0 saturated heterocycles. The molecule has 5 heteroatoms. The molecular formula is C9H14N2O2S. The third-order valence-electron chi connectivity index (χ3n) is 2.12. The Hall–Kier alpha value is -0.910. The first-order chi connectivity index (χ1) is 6.45. The molecule has 0 aliphatic carbocycles. The smallest absolute Gasteiger partial charge is 0.238 e. The Morgan fingerprint density at radius 2 is 2.07 bits per heavy atom. The largest absolute Gasteiger partial charge is 0.313 e. The first-order valence-corrected chi connectivity index (χ1v) is 5.80. The summed E-state index contributed by atoms with van der Waals surface area (Å²) in [4.78, 5) is 0.150. The normalized spacial score (nSPS) is 13.9. The Bertz CT molecular complexity index is 415. The van der Waals surface area contributed by atoms with Crippen LogP contribution in [0.4, 0.5) is 0 Å². The molecule has 4 nitrogen and oxygen atoms in total. The summed E-state index contributed by atoms with van der Waals surface area (Å²) in [5.74, 6) is 0. The van der Waals surface area contributed by atoms with Crippen molar-refractivity contribution in [3.05, 3.63) is 29.8 Å². The number of hydrogen-bond donors (Lipinski definition) is 2. The van der Waals surface area contributed by atoms with Gasteiger partial charge < -0.3 is 5.32 Å². The molecule has 3 N–H and O–H groups in total. The second kappa shape index (κ2) is 4.08. The Morgan fingerprint density at radius 1 is 1.43 bits per heavy atom. The highest BCUT2D eigenvalue weighted by molar-refractivity contribution is 7.89. The summed E-state index contributed by atoms with van der Waals surface area (Å²) < 4.78 is 22.1. The Kier molecular flexibility index (Phi) is 3.25. The summed E-state index contributed by atoms with van der Waals surface area (Å²) >= 11 is 0. The van der Waals surface area contributed by atoms with Crippen molar-refractivity contribution in [2.24, 2.45) is 5.14 Å². The average molecular weight is 214 g/mol. The Labute approximate surface area is 84.2 Å². The maximum absolute atomic E-state index is 11.1. The molecule has 0 aromatic heterocycles. The molecule has 78 valence electrons. The van der Waals surface area contributed by atoms with Crippen LogP contribution in [0, 0.1) is 0 Å². The van der Waals surface area contributed by atoms with Crippen molar-refractivity contribution in [1.82, 2.24) is 5.32 Å². The highest BCUT2D eigenvalue weighted by Gasteiger charge is 2.09. The average Bonchev–Trinajstić information content (AvgIpc) is 2.15. The number of nitrogens with one attached hydrogen (secondary N) is 1. The first kappa shape index (κ1) is 11.2. The standard InChI is InChI=1S/C9H14N2O2S/c1-7(11-2)8-4-3-5-9(6-8)14(10,12)13/h3-7,11H,1-2H3,(H2,10,12,13)/t7-/m1/s1. The molecule has 1 aromatic rings. The lowest BCUT2D eigenvalue weighted by Crippen LogP contribution is -2.15. The summed E-state index contributed by atoms with van der Waals surface area (Å²) in [6, 6.07) is 6.72. The molecule has 0 unspecified atom stereocenters. The molecule has 0 spiro atoms. The monoisotopic (exact) mass is 214 g/mol. The molecule has 1 atom stereocenters. The van der Waals surface area contributed by atoms with E-state index < -0.39 is 10.0 Å². The quantitative estimate of drug-likeness (QED) is 0.774. The van der Waals surface area contributed by atoms with E-state index in [1.165, 1.54) is 6.07 Å². The molecule has 0 fully saturated rings. The van der Waals surface area contributed by atoms with Crippen molar-refractivity contribution < 1.29 is 8.42 Å². The van der Waals surface area contributed by atoms with E-state index in [0.717, 1.165) is 5.56 Å². The molecule has 0 heterocycles. The number of sulfonamides is 1. The molecule has 0 amide bonds. The predicted molar refractivity (Wildman–Crippen MR) is 55.3 cm³/mol. The lowest BCUT2D eigenvalue weighted by Gasteiger charge is -2.11. The lowest BCUT2D eigenvalue weighted by atomic mass is 10.1. The number of benzene rings is 1. The summed E-state index contributed by atoms with van der Waals surface area (Å²) in [5.41, 5.74) is 0.902. The molecule has 0 saturated carbocycles. The van der Waals surface area contributed by atoms with Gasteiger partial charge in [0.1, 0.15) is 0 Å². The highest BCUT2D eigenvalue weighted by atomic mass is 32.2. The van der Waals surface area contributed by atoms with Crippen LogP contribution in [0.5, 0.6) is 0 Å². The van der Waals surface area contributed by atoms with Gasteiger partial charge in [0.15, 0.2) is 0 Å². The predicted octanol–water partition coefficient (Wildman–Crippen LogP) is 0.614. The Balaban J connectivity index is 3.14. The zero-order valence-electron chi connectivity index (χ0n) is 8.19. The van der Waals surface area contributed by atoms with E-state index in [-0.39, 0.29) is 10.9 Å². The lowest BCUT2D eigenvalue weighted by molar-refractivity contribution is 0.596. The summed E-state index contributed by atoms with van der Waals surface area (Å²) in [5, 5.41) is 8.04. The molecule has 0 aliphatic rings. The molecule has 0 aliphatic heterocycles. The Morgan fingerprint density at radius 3 is 2.57 bits per heavy atom. The number of primary sulfonamides is 1. The molecule has 1 aromatic carbocycles. The zero-order valence-corrected chi connectivity index (χ0v) is 9.01. The van der Waals surface area contributed by atoms with E-state index in [0.29, 0.717) is 0 Å². The van der Waals surface area contributed by atoms with Crippen LogP contribution in [-0.2, 0) is 10.0 Å². The summed E-state index contributed by atoms with van der Waals surface area (Å²) in [6.45, 7) is 1.95. The first-order valence-electron chi connectivity index (χ1n) is 4.25. The zero-order chi connectivity index (χ0) is 10.8. The van der Waals surface area contributed by atoms with Crippen molar-refractivity contribution in [3.63, 3.8) is 0 Å². The van der Waals surface area contributed by atoms with E-state index in [2.05, 4.69) is 5.32 Å². The van der Waals surface area contributed by atoms with Crippen LogP contribution in [0.2, 0.25) is 0 Å². The second-order valence-electron chi connectivity index (χ2n) is 3.13. The molecule has 0 radical (unpaired) electrons. The van der Waals surface area contributed by atoms with Gasteiger partial charge in [-0.15, -0.1) is 0 Å². The molecular weight excluding hydrogens is 200 g/mol. The van der Waals surface area contributed by atoms with Crippen LogP contribution < -0.4 is 10.5 Å². The van der Waals surface area contributed by atoms with Gasteiger partial charge in [-0.1, -0.05) is 12.1 Å². The van der Waals surface area contributed by atoms with Crippen LogP contribution >= 0.6 is 0 Å². The number of rotatable bonds is 3. The van der Waals surface area contributed by atoms with Crippen molar-refractivity contribution in [3.8, 4) is 0 Å². The van der Waals surface area contributed by atoms with Crippen LogP contribution in [0.25, 0.3) is 0 Å². The molecule has 1 rings (SSSR count). The van der Waals surface area contributed by atoms with Gasteiger partial charge in [-0.25, -0.2) is 13.6 Å². The van der Waals surface area contributed by atoms with Crippen molar-refractivity contribution >= 4 is 10.0 Å². The third-order valence-corrected chi connectivity index (χ3v) is 3.03. The fourth-order valence-electron chi connectivity index (χ4n) is 1.13. The van der Waals surface area contributed by atoms with E-state index in [4.69, 9.17) is 5.14 Å². The van der Waals surface area contributed by atoms with E-state index in [1.807, 2.05) is 20.0 Å². The van der Waals surface area contributed by atoms with Crippen LogP contribution in [-0.4, -0.2) is 15.5 Å². The summed E-state index contributed by atoms with van der Waals surface area (Å²) in [6.07, 6.45) is 0. The second-order valence-corrected chi connectivity index (χ2v) is 4.69. The van der Waals surface area contributed by atoms with Crippen LogP contribution in [0.3, 0.4) is 0 Å². The van der Waals surface area contributed by atoms with Crippen molar-refractivity contribution in [2.45, 2.75) is 17.9 Å². The van der Waals surface area contributed by atoms with E-state index in [1.54, 1.807) is 12.1 Å². The minimum absolute atomic E-state index is 0.108. The van der Waals surface area contributed by atoms with Gasteiger partial charge >= 0.3 is 0 Å². The van der Waals surface area contributed by atoms with Gasteiger partial charge in [0.2, 0.25) is 10.0 Å². The maximum atomic E-state index is 11.1. The van der Waals surface area contributed by atoms with Gasteiger partial charge in [0.05, 0.1) is 4.90 Å². The van der Waals surface area contributed by atoms with Crippen molar-refractivity contribution in [1.29, 1.82) is 0 Å². The van der Waals surface area contributed by atoms with Gasteiger partial charge in [-0.2, -0.15) is 0 Å². The van der Waals surface area contributed by atoms with Crippen molar-refractivity contribution in [2.75, 3.05) is 7.05 Å². The van der Waals surface area contributed by atoms with E-state index >= 15 is 0 Å². The minimum Gasteiger partial charge on any atom is -0.313 e. The fourth-order valence-corrected chi connectivity index (χ4v) is 1.70. The van der Waals surface area contributed by atoms with Crippen LogP contribution in [0.1, 0.15) is 18.5 Å². The highest BCUT2D eigenvalue weighted by Crippen LogP contribution is 2.15. The van der Waals surface area contributed by atoms with Crippen LogP contribution in [0.15, 0.2) is 29.2 Å². The SMILES string of the molecule is CN[C@H](C)c1cccc(S(N)(=O)=O)c1. The van der Waals surface area contributed by atoms with Gasteiger partial charge in [-0.05, 0) is 31.7 Å². The van der Waals surface area contributed by atoms with Gasteiger partial charge in [-0.3, -0.25) is 0 Å². The molecule has 0 bridgehead atoms. The number of nitrogens with two attached hydrogens (primary N) is 1. The van der Waals surface area contributed by atoms with Gasteiger partial charge in [0.25, 0.3) is 0 Å². The minimum atomic E-state index is -3.59. The summed E-state index contributed by atoms with van der Waals surface area (Å²) in [7, 11) is -1.78. The van der Waals surface area contributed by atoms with Gasteiger partial charge in [0, 0.05) is 6.04 Å². The maximum Gasteiger partial charge on any atom is 0.238 e. The molecule has 14 heavy (non-hydrogen) atoms. The third kappa shape index (κ3) is 2.54.